The first kappa shape index (κ1) is 18.5. The summed E-state index contributed by atoms with van der Waals surface area (Å²) in [5.74, 6) is 1.20. The molecule has 4 nitrogen and oxygen atoms in total. The van der Waals surface area contributed by atoms with Crippen LogP contribution in [-0.4, -0.2) is 17.8 Å². The van der Waals surface area contributed by atoms with Gasteiger partial charge in [0, 0.05) is 12.1 Å². The molecule has 0 N–H and O–H groups in total. The Bertz CT molecular complexity index is 822. The molecule has 1 aliphatic carbocycles. The van der Waals surface area contributed by atoms with E-state index in [1.807, 2.05) is 31.2 Å². The molecule has 0 aliphatic heterocycles. The van der Waals surface area contributed by atoms with Crippen LogP contribution in [0.25, 0.3) is 0 Å². The van der Waals surface area contributed by atoms with Gasteiger partial charge in [-0.15, -0.1) is 0 Å². The Morgan fingerprint density at radius 2 is 1.96 bits per heavy atom. The minimum Gasteiger partial charge on any atom is -0.497 e. The van der Waals surface area contributed by atoms with Gasteiger partial charge in [-0.3, -0.25) is 0 Å². The third-order valence-electron chi connectivity index (χ3n) is 4.28. The van der Waals surface area contributed by atoms with Gasteiger partial charge in [0.2, 0.25) is 0 Å². The van der Waals surface area contributed by atoms with E-state index >= 15 is 0 Å². The second kappa shape index (κ2) is 7.15. The van der Waals surface area contributed by atoms with Gasteiger partial charge in [0.1, 0.15) is 10.8 Å². The van der Waals surface area contributed by atoms with Crippen molar-refractivity contribution in [2.45, 2.75) is 25.4 Å². The molecule has 8 heteroatoms. The van der Waals surface area contributed by atoms with E-state index in [1.54, 1.807) is 7.11 Å². The first-order valence-corrected chi connectivity index (χ1v) is 8.25. The predicted octanol–water partition coefficient (Wildman–Crippen LogP) is 5.32. The van der Waals surface area contributed by atoms with Crippen LogP contribution in [0, 0.1) is 5.92 Å². The van der Waals surface area contributed by atoms with Gasteiger partial charge < -0.3 is 9.57 Å². The van der Waals surface area contributed by atoms with E-state index in [4.69, 9.17) is 21.2 Å². The second-order valence-corrected chi connectivity index (χ2v) is 6.46. The molecule has 0 amide bonds. The van der Waals surface area contributed by atoms with Crippen LogP contribution in [0.15, 0.2) is 41.7 Å². The maximum Gasteiger partial charge on any atom is 0.417 e. The molecule has 0 bridgehead atoms. The van der Waals surface area contributed by atoms with Crippen molar-refractivity contribution in [1.82, 2.24) is 4.98 Å². The Kier molecular flexibility index (Phi) is 5.09. The highest BCUT2D eigenvalue weighted by Gasteiger charge is 2.41. The van der Waals surface area contributed by atoms with Crippen LogP contribution in [-0.2, 0) is 6.18 Å². The summed E-state index contributed by atoms with van der Waals surface area (Å²) in [6.07, 6.45) is -2.91. The minimum absolute atomic E-state index is 0.152. The molecule has 1 aliphatic rings. The highest BCUT2D eigenvalue weighted by Crippen LogP contribution is 2.48. The van der Waals surface area contributed by atoms with Crippen LogP contribution in [0.1, 0.15) is 30.4 Å². The number of aromatic nitrogens is 1. The highest BCUT2D eigenvalue weighted by molar-refractivity contribution is 6.31. The third kappa shape index (κ3) is 4.09. The van der Waals surface area contributed by atoms with Crippen molar-refractivity contribution in [1.29, 1.82) is 0 Å². The third-order valence-corrected chi connectivity index (χ3v) is 4.55. The van der Waals surface area contributed by atoms with Crippen molar-refractivity contribution in [3.05, 3.63) is 52.7 Å². The number of hydrogen-bond donors (Lipinski definition) is 0. The van der Waals surface area contributed by atoms with Gasteiger partial charge >= 0.3 is 6.18 Å². The number of methoxy groups -OCH3 is 1. The van der Waals surface area contributed by atoms with Crippen LogP contribution in [0.4, 0.5) is 13.2 Å². The lowest BCUT2D eigenvalue weighted by atomic mass is 10.1. The van der Waals surface area contributed by atoms with Gasteiger partial charge in [0.25, 0.3) is 5.88 Å². The summed E-state index contributed by atoms with van der Waals surface area (Å²) in [6.45, 7) is 1.81. The molecule has 1 heterocycles. The normalized spacial score (nSPS) is 20.0. The summed E-state index contributed by atoms with van der Waals surface area (Å²) in [5, 5.41) is 3.75. The Balaban J connectivity index is 1.64. The largest absolute Gasteiger partial charge is 0.497 e. The second-order valence-electron chi connectivity index (χ2n) is 6.05. The van der Waals surface area contributed by atoms with Gasteiger partial charge in [-0.25, -0.2) is 4.98 Å². The Morgan fingerprint density at radius 1 is 1.27 bits per heavy atom. The first-order chi connectivity index (χ1) is 12.3. The van der Waals surface area contributed by atoms with Gasteiger partial charge in [0.15, 0.2) is 0 Å². The molecule has 1 aromatic heterocycles. The molecule has 26 heavy (non-hydrogen) atoms. The van der Waals surface area contributed by atoms with Crippen LogP contribution in [0.5, 0.6) is 11.6 Å². The maximum atomic E-state index is 12.6. The monoisotopic (exact) mass is 384 g/mol. The minimum atomic E-state index is -4.51. The lowest BCUT2D eigenvalue weighted by Crippen LogP contribution is -2.06. The van der Waals surface area contributed by atoms with E-state index in [-0.39, 0.29) is 16.8 Å². The molecule has 138 valence electrons. The lowest BCUT2D eigenvalue weighted by molar-refractivity contribution is -0.137. The van der Waals surface area contributed by atoms with E-state index in [0.29, 0.717) is 12.1 Å². The molecule has 0 unspecified atom stereocenters. The predicted molar refractivity (Wildman–Crippen MR) is 91.8 cm³/mol. The molecular weight excluding hydrogens is 369 g/mol. The summed E-state index contributed by atoms with van der Waals surface area (Å²) in [6, 6.07) is 8.59. The zero-order valence-corrected chi connectivity index (χ0v) is 14.8. The molecule has 0 radical (unpaired) electrons. The van der Waals surface area contributed by atoms with Crippen molar-refractivity contribution in [2.24, 2.45) is 11.1 Å². The fourth-order valence-electron chi connectivity index (χ4n) is 2.71. The maximum absolute atomic E-state index is 12.6. The first-order valence-electron chi connectivity index (χ1n) is 7.87. The summed E-state index contributed by atoms with van der Waals surface area (Å²) in [4.78, 5) is 8.74. The van der Waals surface area contributed by atoms with E-state index in [1.165, 1.54) is 5.56 Å². The molecule has 2 atom stereocenters. The number of alkyl halides is 3. The smallest absolute Gasteiger partial charge is 0.417 e. The van der Waals surface area contributed by atoms with E-state index < -0.39 is 11.7 Å². The fraction of sp³-hybridized carbons (Fsp3) is 0.333. The Hall–Kier alpha value is -2.28. The van der Waals surface area contributed by atoms with Crippen LogP contribution in [0.2, 0.25) is 5.02 Å². The number of rotatable bonds is 5. The summed E-state index contributed by atoms with van der Waals surface area (Å²) in [5.41, 5.74) is 0.983. The van der Waals surface area contributed by atoms with E-state index in [0.717, 1.165) is 23.9 Å². The quantitative estimate of drug-likeness (QED) is 0.517. The van der Waals surface area contributed by atoms with Gasteiger partial charge in [-0.05, 0) is 43.0 Å². The molecule has 1 saturated carbocycles. The summed E-state index contributed by atoms with van der Waals surface area (Å²) in [7, 11) is 1.61. The van der Waals surface area contributed by atoms with Crippen molar-refractivity contribution >= 4 is 17.3 Å². The summed E-state index contributed by atoms with van der Waals surface area (Å²) < 4.78 is 43.0. The number of benzene rings is 1. The fourth-order valence-corrected chi connectivity index (χ4v) is 2.91. The standard InChI is InChI=1S/C18H16ClF3N2O2/c1-10(14-8-15(14)11-3-5-13(25-2)6-4-11)24-26-17-16(19)7-12(9-23-17)18(20,21)22/h3-7,9,14-15H,8H2,1-2H3/t14-,15+/m1/s1. The number of hydrogen-bond acceptors (Lipinski definition) is 4. The number of halogens is 4. The molecule has 3 rings (SSSR count). The van der Waals surface area contributed by atoms with Crippen LogP contribution in [0.3, 0.4) is 0 Å². The van der Waals surface area contributed by atoms with Crippen LogP contribution >= 0.6 is 11.6 Å². The zero-order valence-electron chi connectivity index (χ0n) is 14.0. The average Bonchev–Trinajstić information content (AvgIpc) is 3.40. The van der Waals surface area contributed by atoms with Crippen molar-refractivity contribution in [2.75, 3.05) is 7.11 Å². The average molecular weight is 385 g/mol. The summed E-state index contributed by atoms with van der Waals surface area (Å²) >= 11 is 5.80. The zero-order chi connectivity index (χ0) is 18.9. The Labute approximate surface area is 153 Å². The van der Waals surface area contributed by atoms with Gasteiger partial charge in [-0.1, -0.05) is 28.9 Å². The van der Waals surface area contributed by atoms with Crippen molar-refractivity contribution < 1.29 is 22.7 Å². The SMILES string of the molecule is COc1ccc([C@@H]2C[C@@H]2C(C)=NOc2ncc(C(F)(F)F)cc2Cl)cc1. The number of ether oxygens (including phenoxy) is 1. The molecular formula is C18H16ClF3N2O2. The van der Waals surface area contributed by atoms with E-state index in [9.17, 15) is 13.2 Å². The van der Waals surface area contributed by atoms with Crippen molar-refractivity contribution in [3.63, 3.8) is 0 Å². The lowest BCUT2D eigenvalue weighted by Gasteiger charge is -2.08. The number of nitrogens with zero attached hydrogens (tertiary/aromatic N) is 2. The molecule has 0 spiro atoms. The van der Waals surface area contributed by atoms with E-state index in [2.05, 4.69) is 10.1 Å². The molecule has 1 fully saturated rings. The molecule has 0 saturated heterocycles. The number of oxime groups is 1. The van der Waals surface area contributed by atoms with Gasteiger partial charge in [0.05, 0.1) is 18.4 Å². The number of pyridine rings is 1. The van der Waals surface area contributed by atoms with Crippen LogP contribution < -0.4 is 9.57 Å². The molecule has 2 aromatic rings. The topological polar surface area (TPSA) is 43.7 Å². The van der Waals surface area contributed by atoms with Gasteiger partial charge in [-0.2, -0.15) is 13.2 Å². The highest BCUT2D eigenvalue weighted by atomic mass is 35.5. The van der Waals surface area contributed by atoms with Crippen molar-refractivity contribution in [3.8, 4) is 11.6 Å². The molecule has 1 aromatic carbocycles. The Morgan fingerprint density at radius 3 is 2.54 bits per heavy atom.